The summed E-state index contributed by atoms with van der Waals surface area (Å²) in [5, 5.41) is 10.9. The Morgan fingerprint density at radius 3 is 3.00 bits per heavy atom. The zero-order chi connectivity index (χ0) is 14.6. The van der Waals surface area contributed by atoms with E-state index < -0.39 is 10.2 Å². The van der Waals surface area contributed by atoms with Crippen molar-refractivity contribution in [1.82, 2.24) is 28.7 Å². The molecule has 2 heterocycles. The van der Waals surface area contributed by atoms with Crippen molar-refractivity contribution in [3.8, 4) is 0 Å². The summed E-state index contributed by atoms with van der Waals surface area (Å²) in [4.78, 5) is 0. The summed E-state index contributed by atoms with van der Waals surface area (Å²) in [6, 6.07) is 0. The van der Waals surface area contributed by atoms with Crippen LogP contribution in [0.1, 0.15) is 19.2 Å². The first-order chi connectivity index (χ1) is 9.55. The van der Waals surface area contributed by atoms with E-state index in [1.165, 1.54) is 8.61 Å². The number of rotatable bonds is 7. The molecule has 9 heteroatoms. The quantitative estimate of drug-likeness (QED) is 0.671. The Balaban J connectivity index is 1.93. The van der Waals surface area contributed by atoms with Gasteiger partial charge in [0.2, 0.25) is 0 Å². The van der Waals surface area contributed by atoms with E-state index in [-0.39, 0.29) is 0 Å². The Kier molecular flexibility index (Phi) is 5.08. The van der Waals surface area contributed by atoms with Crippen molar-refractivity contribution < 1.29 is 8.42 Å². The molecular weight excluding hydrogens is 280 g/mol. The Morgan fingerprint density at radius 1 is 1.45 bits per heavy atom. The molecule has 2 rings (SSSR count). The fourth-order valence-electron chi connectivity index (χ4n) is 2.16. The van der Waals surface area contributed by atoms with Crippen LogP contribution < -0.4 is 5.32 Å². The SMILES string of the molecule is CCNCCCN(C)S(=O)(=O)N1CCn2cnnc2C1. The number of hydrogen-bond acceptors (Lipinski definition) is 5. The van der Waals surface area contributed by atoms with E-state index in [0.29, 0.717) is 32.0 Å². The molecule has 0 saturated heterocycles. The molecule has 0 aromatic carbocycles. The molecule has 1 aromatic rings. The monoisotopic (exact) mass is 302 g/mol. The standard InChI is InChI=1S/C11H22N6O2S/c1-3-12-5-4-6-15(2)20(18,19)17-8-7-16-10-13-14-11(16)9-17/h10,12H,3-9H2,1-2H3. The maximum atomic E-state index is 12.5. The van der Waals surface area contributed by atoms with Crippen molar-refractivity contribution in [1.29, 1.82) is 0 Å². The van der Waals surface area contributed by atoms with E-state index in [1.54, 1.807) is 13.4 Å². The largest absolute Gasteiger partial charge is 0.317 e. The minimum atomic E-state index is -3.41. The van der Waals surface area contributed by atoms with Crippen LogP contribution in [-0.2, 0) is 23.3 Å². The summed E-state index contributed by atoms with van der Waals surface area (Å²) in [7, 11) is -1.79. The van der Waals surface area contributed by atoms with Crippen LogP contribution in [0, 0.1) is 0 Å². The van der Waals surface area contributed by atoms with E-state index >= 15 is 0 Å². The third-order valence-corrected chi connectivity index (χ3v) is 5.34. The normalized spacial score (nSPS) is 16.6. The molecule has 1 N–H and O–H groups in total. The average molecular weight is 302 g/mol. The molecule has 0 aliphatic carbocycles. The van der Waals surface area contributed by atoms with Crippen molar-refractivity contribution in [2.45, 2.75) is 26.4 Å². The number of fused-ring (bicyclic) bond motifs is 1. The average Bonchev–Trinajstić information content (AvgIpc) is 2.90. The summed E-state index contributed by atoms with van der Waals surface area (Å²) in [5.41, 5.74) is 0. The molecule has 0 saturated carbocycles. The van der Waals surface area contributed by atoms with Gasteiger partial charge in [-0.05, 0) is 19.5 Å². The van der Waals surface area contributed by atoms with Gasteiger partial charge in [-0.1, -0.05) is 6.92 Å². The first kappa shape index (κ1) is 15.4. The van der Waals surface area contributed by atoms with Crippen LogP contribution in [0.15, 0.2) is 6.33 Å². The van der Waals surface area contributed by atoms with Gasteiger partial charge in [0.1, 0.15) is 12.2 Å². The van der Waals surface area contributed by atoms with Crippen LogP contribution >= 0.6 is 0 Å². The highest BCUT2D eigenvalue weighted by Gasteiger charge is 2.30. The molecule has 8 nitrogen and oxygen atoms in total. The zero-order valence-electron chi connectivity index (χ0n) is 12.0. The van der Waals surface area contributed by atoms with Gasteiger partial charge in [0.15, 0.2) is 0 Å². The summed E-state index contributed by atoms with van der Waals surface area (Å²) >= 11 is 0. The summed E-state index contributed by atoms with van der Waals surface area (Å²) in [6.07, 6.45) is 2.44. The lowest BCUT2D eigenvalue weighted by atomic mass is 10.4. The molecule has 1 aliphatic heterocycles. The molecule has 114 valence electrons. The van der Waals surface area contributed by atoms with E-state index in [1.807, 2.05) is 11.5 Å². The topological polar surface area (TPSA) is 83.4 Å². The summed E-state index contributed by atoms with van der Waals surface area (Å²) < 4.78 is 29.7. The molecule has 0 spiro atoms. The Bertz CT molecular complexity index is 529. The predicted octanol–water partition coefficient (Wildman–Crippen LogP) is -0.730. The van der Waals surface area contributed by atoms with Gasteiger partial charge in [-0.3, -0.25) is 0 Å². The summed E-state index contributed by atoms with van der Waals surface area (Å²) in [6.45, 7) is 5.63. The second-order valence-electron chi connectivity index (χ2n) is 4.81. The molecule has 1 aliphatic rings. The molecule has 0 unspecified atom stereocenters. The highest BCUT2D eigenvalue weighted by atomic mass is 32.2. The lowest BCUT2D eigenvalue weighted by Crippen LogP contribution is -2.46. The number of hydrogen-bond donors (Lipinski definition) is 1. The predicted molar refractivity (Wildman–Crippen MR) is 75.1 cm³/mol. The minimum absolute atomic E-state index is 0.292. The van der Waals surface area contributed by atoms with E-state index in [2.05, 4.69) is 15.5 Å². The van der Waals surface area contributed by atoms with E-state index in [0.717, 1.165) is 19.5 Å². The zero-order valence-corrected chi connectivity index (χ0v) is 12.8. The molecule has 0 fully saturated rings. The Hall–Kier alpha value is -1.03. The van der Waals surface area contributed by atoms with Crippen molar-refractivity contribution >= 4 is 10.2 Å². The van der Waals surface area contributed by atoms with Gasteiger partial charge in [-0.25, -0.2) is 0 Å². The van der Waals surface area contributed by atoms with Crippen molar-refractivity contribution in [2.24, 2.45) is 0 Å². The molecule has 1 aromatic heterocycles. The van der Waals surface area contributed by atoms with Gasteiger partial charge in [0, 0.05) is 26.7 Å². The molecule has 0 radical (unpaired) electrons. The third-order valence-electron chi connectivity index (χ3n) is 3.40. The number of nitrogens with zero attached hydrogens (tertiary/aromatic N) is 5. The first-order valence-corrected chi connectivity index (χ1v) is 8.24. The highest BCUT2D eigenvalue weighted by molar-refractivity contribution is 7.86. The second kappa shape index (κ2) is 6.61. The van der Waals surface area contributed by atoms with Crippen LogP contribution in [0.25, 0.3) is 0 Å². The lowest BCUT2D eigenvalue weighted by Gasteiger charge is -2.30. The van der Waals surface area contributed by atoms with Crippen molar-refractivity contribution in [3.63, 3.8) is 0 Å². The van der Waals surface area contributed by atoms with Gasteiger partial charge < -0.3 is 9.88 Å². The lowest BCUT2D eigenvalue weighted by molar-refractivity contribution is 0.305. The number of nitrogens with one attached hydrogen (secondary N) is 1. The smallest absolute Gasteiger partial charge is 0.282 e. The fraction of sp³-hybridized carbons (Fsp3) is 0.818. The molecule has 20 heavy (non-hydrogen) atoms. The van der Waals surface area contributed by atoms with Crippen LogP contribution in [0.3, 0.4) is 0 Å². The Labute approximate surface area is 120 Å². The van der Waals surface area contributed by atoms with Crippen molar-refractivity contribution in [3.05, 3.63) is 12.2 Å². The van der Waals surface area contributed by atoms with Crippen LogP contribution in [0.5, 0.6) is 0 Å². The van der Waals surface area contributed by atoms with Crippen LogP contribution in [0.2, 0.25) is 0 Å². The minimum Gasteiger partial charge on any atom is -0.317 e. The van der Waals surface area contributed by atoms with Gasteiger partial charge in [0.05, 0.1) is 6.54 Å². The first-order valence-electron chi connectivity index (χ1n) is 6.84. The highest BCUT2D eigenvalue weighted by Crippen LogP contribution is 2.15. The Morgan fingerprint density at radius 2 is 2.25 bits per heavy atom. The summed E-state index contributed by atoms with van der Waals surface area (Å²) in [5.74, 6) is 0.695. The molecule has 0 bridgehead atoms. The maximum Gasteiger partial charge on any atom is 0.282 e. The van der Waals surface area contributed by atoms with Gasteiger partial charge in [-0.2, -0.15) is 17.0 Å². The number of aromatic nitrogens is 3. The molecular formula is C11H22N6O2S. The molecule has 0 amide bonds. The van der Waals surface area contributed by atoms with Crippen molar-refractivity contribution in [2.75, 3.05) is 33.2 Å². The van der Waals surface area contributed by atoms with Gasteiger partial charge in [-0.15, -0.1) is 10.2 Å². The maximum absolute atomic E-state index is 12.5. The van der Waals surface area contributed by atoms with E-state index in [4.69, 9.17) is 0 Å². The van der Waals surface area contributed by atoms with Gasteiger partial charge in [0.25, 0.3) is 10.2 Å². The fourth-order valence-corrected chi connectivity index (χ4v) is 3.50. The second-order valence-corrected chi connectivity index (χ2v) is 6.85. The van der Waals surface area contributed by atoms with E-state index in [9.17, 15) is 8.42 Å². The van der Waals surface area contributed by atoms with Crippen LogP contribution in [-0.4, -0.2) is 65.0 Å². The molecule has 0 atom stereocenters. The van der Waals surface area contributed by atoms with Gasteiger partial charge >= 0.3 is 0 Å². The third kappa shape index (κ3) is 3.35. The van der Waals surface area contributed by atoms with Crippen LogP contribution in [0.4, 0.5) is 0 Å².